The molecule has 30 heavy (non-hydrogen) atoms. The summed E-state index contributed by atoms with van der Waals surface area (Å²) in [4.78, 5) is 11.9. The zero-order chi connectivity index (χ0) is 21.3. The first-order valence-electron chi connectivity index (χ1n) is 9.49. The zero-order valence-corrected chi connectivity index (χ0v) is 16.4. The van der Waals surface area contributed by atoms with Crippen molar-refractivity contribution in [1.82, 2.24) is 0 Å². The first kappa shape index (κ1) is 21.0. The summed E-state index contributed by atoms with van der Waals surface area (Å²) in [5.41, 5.74) is 15.1. The maximum Gasteiger partial charge on any atom is 0.330 e. The van der Waals surface area contributed by atoms with Crippen molar-refractivity contribution in [3.8, 4) is 5.75 Å². The van der Waals surface area contributed by atoms with Crippen molar-refractivity contribution in [2.75, 3.05) is 18.1 Å². The van der Waals surface area contributed by atoms with Crippen LogP contribution >= 0.6 is 0 Å². The van der Waals surface area contributed by atoms with Crippen molar-refractivity contribution in [2.45, 2.75) is 12.7 Å². The second-order valence-corrected chi connectivity index (χ2v) is 6.71. The lowest BCUT2D eigenvalue weighted by atomic mass is 10.1. The molecular weight excluding hydrogens is 380 g/mol. The summed E-state index contributed by atoms with van der Waals surface area (Å²) in [5, 5.41) is 10.1. The molecule has 0 aliphatic heterocycles. The first-order valence-corrected chi connectivity index (χ1v) is 9.49. The molecule has 3 rings (SSSR count). The molecule has 5 N–H and O–H groups in total. The average molecular weight is 404 g/mol. The fourth-order valence-corrected chi connectivity index (χ4v) is 2.84. The van der Waals surface area contributed by atoms with Crippen LogP contribution in [0.15, 0.2) is 78.9 Å². The molecule has 1 unspecified atom stereocenters. The minimum absolute atomic E-state index is 0.232. The number of hydrogen-bond donors (Lipinski definition) is 3. The number of carbonyl (C=O) groups excluding carboxylic acids is 1. The maximum atomic E-state index is 11.9. The predicted molar refractivity (Wildman–Crippen MR) is 117 cm³/mol. The number of carbonyl (C=O) groups is 1. The molecule has 0 aliphatic rings. The van der Waals surface area contributed by atoms with E-state index < -0.39 is 12.3 Å². The van der Waals surface area contributed by atoms with E-state index in [2.05, 4.69) is 0 Å². The van der Waals surface area contributed by atoms with Crippen LogP contribution in [0.25, 0.3) is 6.08 Å². The first-order chi connectivity index (χ1) is 14.5. The number of anilines is 2. The largest absolute Gasteiger partial charge is 0.462 e. The van der Waals surface area contributed by atoms with Crippen LogP contribution in [0.2, 0.25) is 0 Å². The van der Waals surface area contributed by atoms with Crippen LogP contribution in [0.5, 0.6) is 5.75 Å². The molecule has 0 bridgehead atoms. The molecule has 0 saturated carbocycles. The van der Waals surface area contributed by atoms with Gasteiger partial charge in [-0.1, -0.05) is 42.5 Å². The molecule has 1 atom stereocenters. The van der Waals surface area contributed by atoms with Gasteiger partial charge < -0.3 is 26.0 Å². The molecule has 0 aliphatic carbocycles. The van der Waals surface area contributed by atoms with Crippen LogP contribution in [0, 0.1) is 0 Å². The van der Waals surface area contributed by atoms with E-state index in [1.807, 2.05) is 18.2 Å². The molecular formula is C24H24N2O4. The van der Waals surface area contributed by atoms with Crippen molar-refractivity contribution in [2.24, 2.45) is 0 Å². The lowest BCUT2D eigenvalue weighted by Gasteiger charge is -2.13. The van der Waals surface area contributed by atoms with Crippen LogP contribution in [0.4, 0.5) is 11.4 Å². The topological polar surface area (TPSA) is 108 Å². The highest BCUT2D eigenvalue weighted by Gasteiger charge is 2.08. The maximum absolute atomic E-state index is 11.9. The van der Waals surface area contributed by atoms with Crippen LogP contribution in [-0.4, -0.2) is 17.7 Å². The number of aliphatic hydroxyl groups is 1. The third kappa shape index (κ3) is 6.39. The molecule has 6 heteroatoms. The fraction of sp³-hybridized carbons (Fsp3) is 0.125. The van der Waals surface area contributed by atoms with Gasteiger partial charge in [-0.25, -0.2) is 4.79 Å². The van der Waals surface area contributed by atoms with Gasteiger partial charge in [-0.3, -0.25) is 0 Å². The molecule has 3 aromatic rings. The Morgan fingerprint density at radius 3 is 2.30 bits per heavy atom. The van der Waals surface area contributed by atoms with E-state index in [4.69, 9.17) is 20.9 Å². The van der Waals surface area contributed by atoms with Crippen molar-refractivity contribution in [3.05, 3.63) is 95.6 Å². The molecule has 0 amide bonds. The van der Waals surface area contributed by atoms with E-state index in [1.165, 1.54) is 6.08 Å². The summed E-state index contributed by atoms with van der Waals surface area (Å²) in [5.74, 6) is 0.0826. The highest BCUT2D eigenvalue weighted by Crippen LogP contribution is 2.20. The van der Waals surface area contributed by atoms with Gasteiger partial charge in [0.1, 0.15) is 5.75 Å². The minimum atomic E-state index is -1.04. The van der Waals surface area contributed by atoms with E-state index in [0.29, 0.717) is 29.1 Å². The molecule has 0 saturated heterocycles. The van der Waals surface area contributed by atoms with Crippen molar-refractivity contribution in [1.29, 1.82) is 0 Å². The number of esters is 1. The summed E-state index contributed by atoms with van der Waals surface area (Å²) in [6.07, 6.45) is 2.50. The van der Waals surface area contributed by atoms with Gasteiger partial charge in [-0.05, 0) is 47.5 Å². The Hall–Kier alpha value is -3.77. The molecule has 3 aromatic carbocycles. The molecule has 154 valence electrons. The van der Waals surface area contributed by atoms with E-state index in [-0.39, 0.29) is 6.61 Å². The normalized spacial score (nSPS) is 11.9. The quantitative estimate of drug-likeness (QED) is 0.229. The van der Waals surface area contributed by atoms with Crippen LogP contribution < -0.4 is 16.2 Å². The summed E-state index contributed by atoms with van der Waals surface area (Å²) in [6.45, 7) is 0.232. The number of aliphatic hydroxyl groups excluding tert-OH is 1. The summed E-state index contributed by atoms with van der Waals surface area (Å²) in [7, 11) is 0. The molecule has 0 spiro atoms. The Morgan fingerprint density at radius 2 is 1.63 bits per heavy atom. The molecule has 0 fully saturated rings. The Labute approximate surface area is 175 Å². The molecule has 0 radical (unpaired) electrons. The number of nitrogen functional groups attached to an aromatic ring is 2. The van der Waals surface area contributed by atoms with E-state index in [0.717, 1.165) is 11.1 Å². The number of hydrogen-bond acceptors (Lipinski definition) is 6. The summed E-state index contributed by atoms with van der Waals surface area (Å²) < 4.78 is 10.7. The van der Waals surface area contributed by atoms with E-state index in [9.17, 15) is 9.90 Å². The lowest BCUT2D eigenvalue weighted by Crippen LogP contribution is -2.06. The standard InChI is InChI=1S/C24H24N2O4/c25-20-14-18(15-21(26)16-20)12-13-29-23(27)11-8-17-6-9-22(10-7-17)30-24(28)19-4-2-1-3-5-19/h1-11,14-16,24,28H,12-13,25-26H2/b11-8+. The van der Waals surface area contributed by atoms with Gasteiger partial charge in [-0.15, -0.1) is 0 Å². The smallest absolute Gasteiger partial charge is 0.330 e. The zero-order valence-electron chi connectivity index (χ0n) is 16.4. The third-order valence-electron chi connectivity index (χ3n) is 4.30. The molecule has 6 nitrogen and oxygen atoms in total. The van der Waals surface area contributed by atoms with Crippen molar-refractivity contribution in [3.63, 3.8) is 0 Å². The lowest BCUT2D eigenvalue weighted by molar-refractivity contribution is -0.137. The monoisotopic (exact) mass is 404 g/mol. The summed E-state index contributed by atoms with van der Waals surface area (Å²) >= 11 is 0. The predicted octanol–water partition coefficient (Wildman–Crippen LogP) is 3.72. The average Bonchev–Trinajstić information content (AvgIpc) is 2.73. The Morgan fingerprint density at radius 1 is 0.967 bits per heavy atom. The second kappa shape index (κ2) is 10.1. The summed E-state index contributed by atoms with van der Waals surface area (Å²) in [6, 6.07) is 21.4. The van der Waals surface area contributed by atoms with Gasteiger partial charge in [0.25, 0.3) is 0 Å². The van der Waals surface area contributed by atoms with Gasteiger partial charge in [0.15, 0.2) is 0 Å². The minimum Gasteiger partial charge on any atom is -0.462 e. The molecule has 0 heterocycles. The van der Waals surface area contributed by atoms with Crippen LogP contribution in [0.3, 0.4) is 0 Å². The number of benzene rings is 3. The second-order valence-electron chi connectivity index (χ2n) is 6.71. The van der Waals surface area contributed by atoms with Crippen molar-refractivity contribution < 1.29 is 19.4 Å². The molecule has 0 aromatic heterocycles. The Bertz CT molecular complexity index is 981. The number of nitrogens with two attached hydrogens (primary N) is 2. The van der Waals surface area contributed by atoms with Gasteiger partial charge in [0.2, 0.25) is 6.29 Å². The van der Waals surface area contributed by atoms with Gasteiger partial charge in [0, 0.05) is 29.4 Å². The van der Waals surface area contributed by atoms with E-state index in [1.54, 1.807) is 60.7 Å². The van der Waals surface area contributed by atoms with Crippen LogP contribution in [-0.2, 0) is 16.0 Å². The Balaban J connectivity index is 1.46. The van der Waals surface area contributed by atoms with Crippen LogP contribution in [0.1, 0.15) is 23.0 Å². The SMILES string of the molecule is Nc1cc(N)cc(CCOC(=O)/C=C/c2ccc(OC(O)c3ccccc3)cc2)c1. The van der Waals surface area contributed by atoms with Gasteiger partial charge >= 0.3 is 5.97 Å². The Kier molecular flexibility index (Phi) is 7.08. The van der Waals surface area contributed by atoms with Gasteiger partial charge in [-0.2, -0.15) is 0 Å². The third-order valence-corrected chi connectivity index (χ3v) is 4.30. The number of rotatable bonds is 8. The van der Waals surface area contributed by atoms with E-state index >= 15 is 0 Å². The van der Waals surface area contributed by atoms with Gasteiger partial charge in [0.05, 0.1) is 6.61 Å². The highest BCUT2D eigenvalue weighted by molar-refractivity contribution is 5.87. The van der Waals surface area contributed by atoms with Crippen molar-refractivity contribution >= 4 is 23.4 Å². The fourth-order valence-electron chi connectivity index (χ4n) is 2.84. The highest BCUT2D eigenvalue weighted by atomic mass is 16.6. The number of ether oxygens (including phenoxy) is 2.